The van der Waals surface area contributed by atoms with Crippen molar-refractivity contribution < 1.29 is 9.53 Å². The molecule has 4 heteroatoms. The first kappa shape index (κ1) is 15.1. The molecule has 0 heterocycles. The number of hydrogen-bond donors (Lipinski definition) is 2. The summed E-state index contributed by atoms with van der Waals surface area (Å²) >= 11 is 0. The fraction of sp³-hybridized carbons (Fsp3) is 0.400. The quantitative estimate of drug-likeness (QED) is 0.819. The van der Waals surface area contributed by atoms with Crippen molar-refractivity contribution in [2.75, 3.05) is 0 Å². The number of hydrogen-bond acceptors (Lipinski definition) is 3. The maximum absolute atomic E-state index is 11.5. The Morgan fingerprint density at radius 1 is 1.21 bits per heavy atom. The SMILES string of the molecule is CC=C(Cc1ccccc1)NNC(=O)OC(C)(C)C. The smallest absolute Gasteiger partial charge is 0.426 e. The summed E-state index contributed by atoms with van der Waals surface area (Å²) in [7, 11) is 0. The standard InChI is InChI=1S/C15H22N2O2/c1-5-13(11-12-9-7-6-8-10-12)16-17-14(18)19-15(2,3)4/h5-10,16H,11H2,1-4H3,(H,17,18). The van der Waals surface area contributed by atoms with Crippen molar-refractivity contribution in [3.63, 3.8) is 0 Å². The van der Waals surface area contributed by atoms with Crippen molar-refractivity contribution in [2.24, 2.45) is 0 Å². The lowest BCUT2D eigenvalue weighted by molar-refractivity contribution is 0.0505. The highest BCUT2D eigenvalue weighted by atomic mass is 16.6. The first-order valence-electron chi connectivity index (χ1n) is 6.35. The molecule has 0 unspecified atom stereocenters. The first-order valence-corrected chi connectivity index (χ1v) is 6.35. The van der Waals surface area contributed by atoms with Gasteiger partial charge in [0.15, 0.2) is 0 Å². The van der Waals surface area contributed by atoms with Crippen molar-refractivity contribution in [3.05, 3.63) is 47.7 Å². The van der Waals surface area contributed by atoms with E-state index in [-0.39, 0.29) is 0 Å². The molecule has 0 fully saturated rings. The molecule has 0 aliphatic heterocycles. The fourth-order valence-corrected chi connectivity index (χ4v) is 1.47. The van der Waals surface area contributed by atoms with E-state index >= 15 is 0 Å². The topological polar surface area (TPSA) is 50.4 Å². The van der Waals surface area contributed by atoms with E-state index in [1.807, 2.05) is 64.1 Å². The second-order valence-electron chi connectivity index (χ2n) is 5.23. The van der Waals surface area contributed by atoms with Crippen molar-refractivity contribution in [2.45, 2.75) is 39.7 Å². The number of amides is 1. The molecule has 19 heavy (non-hydrogen) atoms. The number of hydrazine groups is 1. The van der Waals surface area contributed by atoms with Gasteiger partial charge in [0.05, 0.1) is 0 Å². The van der Waals surface area contributed by atoms with Gasteiger partial charge in [-0.25, -0.2) is 10.2 Å². The molecule has 0 bridgehead atoms. The van der Waals surface area contributed by atoms with E-state index in [0.29, 0.717) is 0 Å². The summed E-state index contributed by atoms with van der Waals surface area (Å²) in [6.07, 6.45) is 2.16. The minimum Gasteiger partial charge on any atom is -0.443 e. The first-order chi connectivity index (χ1) is 8.90. The van der Waals surface area contributed by atoms with Gasteiger partial charge < -0.3 is 4.74 Å². The summed E-state index contributed by atoms with van der Waals surface area (Å²) in [5.74, 6) is 0. The average Bonchev–Trinajstić information content (AvgIpc) is 2.33. The molecule has 1 aromatic rings. The molecule has 0 spiro atoms. The zero-order chi connectivity index (χ0) is 14.3. The monoisotopic (exact) mass is 262 g/mol. The molecule has 4 nitrogen and oxygen atoms in total. The van der Waals surface area contributed by atoms with Crippen LogP contribution in [0.4, 0.5) is 4.79 Å². The summed E-state index contributed by atoms with van der Waals surface area (Å²) in [4.78, 5) is 11.5. The van der Waals surface area contributed by atoms with Gasteiger partial charge in [-0.05, 0) is 33.3 Å². The van der Waals surface area contributed by atoms with Crippen LogP contribution in [0.1, 0.15) is 33.3 Å². The number of ether oxygens (including phenoxy) is 1. The summed E-state index contributed by atoms with van der Waals surface area (Å²) in [6.45, 7) is 7.40. The van der Waals surface area contributed by atoms with Crippen LogP contribution in [0.2, 0.25) is 0 Å². The summed E-state index contributed by atoms with van der Waals surface area (Å²) in [6, 6.07) is 10.0. The molecule has 2 N–H and O–H groups in total. The molecule has 104 valence electrons. The molecule has 1 rings (SSSR count). The lowest BCUT2D eigenvalue weighted by atomic mass is 10.1. The number of carbonyl (C=O) groups excluding carboxylic acids is 1. The Morgan fingerprint density at radius 2 is 1.84 bits per heavy atom. The maximum Gasteiger partial charge on any atom is 0.426 e. The van der Waals surface area contributed by atoms with Crippen molar-refractivity contribution >= 4 is 6.09 Å². The molecule has 0 aliphatic rings. The summed E-state index contributed by atoms with van der Waals surface area (Å²) in [5.41, 5.74) is 7.00. The third kappa shape index (κ3) is 6.50. The van der Waals surface area contributed by atoms with Gasteiger partial charge in [0, 0.05) is 12.1 Å². The normalized spacial score (nSPS) is 11.9. The molecule has 1 amide bonds. The molecule has 0 aliphatic carbocycles. The van der Waals surface area contributed by atoms with Crippen LogP contribution in [0.25, 0.3) is 0 Å². The van der Waals surface area contributed by atoms with E-state index in [0.717, 1.165) is 12.1 Å². The Kier molecular flexibility index (Phi) is 5.42. The van der Waals surface area contributed by atoms with E-state index in [1.165, 1.54) is 5.56 Å². The highest BCUT2D eigenvalue weighted by Gasteiger charge is 2.15. The maximum atomic E-state index is 11.5. The van der Waals surface area contributed by atoms with E-state index in [2.05, 4.69) is 10.9 Å². The van der Waals surface area contributed by atoms with E-state index in [9.17, 15) is 4.79 Å². The van der Waals surface area contributed by atoms with Crippen molar-refractivity contribution in [1.82, 2.24) is 10.9 Å². The highest BCUT2D eigenvalue weighted by molar-refractivity contribution is 5.67. The zero-order valence-corrected chi connectivity index (χ0v) is 12.0. The Hall–Kier alpha value is -1.97. The number of nitrogens with one attached hydrogen (secondary N) is 2. The van der Waals surface area contributed by atoms with Gasteiger partial charge >= 0.3 is 6.09 Å². The molecule has 0 aromatic heterocycles. The van der Waals surface area contributed by atoms with Gasteiger partial charge in [0.25, 0.3) is 0 Å². The molecule has 0 radical (unpaired) electrons. The Balaban J connectivity index is 2.44. The zero-order valence-electron chi connectivity index (χ0n) is 12.0. The number of rotatable bonds is 4. The van der Waals surface area contributed by atoms with Crippen LogP contribution in [0.5, 0.6) is 0 Å². The lowest BCUT2D eigenvalue weighted by Crippen LogP contribution is -2.41. The van der Waals surface area contributed by atoms with Crippen LogP contribution >= 0.6 is 0 Å². The number of allylic oxidation sites excluding steroid dienone is 2. The van der Waals surface area contributed by atoms with Crippen molar-refractivity contribution in [3.8, 4) is 0 Å². The Labute approximate surface area is 114 Å². The van der Waals surface area contributed by atoms with E-state index in [4.69, 9.17) is 4.74 Å². The summed E-state index contributed by atoms with van der Waals surface area (Å²) < 4.78 is 5.14. The van der Waals surface area contributed by atoms with Gasteiger partial charge in [0.1, 0.15) is 5.60 Å². The van der Waals surface area contributed by atoms with E-state index < -0.39 is 11.7 Å². The van der Waals surface area contributed by atoms with Crippen LogP contribution in [-0.2, 0) is 11.2 Å². The van der Waals surface area contributed by atoms with Gasteiger partial charge in [0.2, 0.25) is 0 Å². The largest absolute Gasteiger partial charge is 0.443 e. The highest BCUT2D eigenvalue weighted by Crippen LogP contribution is 2.07. The van der Waals surface area contributed by atoms with E-state index in [1.54, 1.807) is 0 Å². The van der Waals surface area contributed by atoms with Crippen LogP contribution in [0, 0.1) is 0 Å². The van der Waals surface area contributed by atoms with Crippen LogP contribution in [0.3, 0.4) is 0 Å². The second kappa shape index (κ2) is 6.83. The van der Waals surface area contributed by atoms with Gasteiger partial charge in [-0.15, -0.1) is 0 Å². The predicted octanol–water partition coefficient (Wildman–Crippen LogP) is 3.16. The molecule has 1 aromatic carbocycles. The molecule has 0 saturated heterocycles. The molecular weight excluding hydrogens is 240 g/mol. The second-order valence-corrected chi connectivity index (χ2v) is 5.23. The molecular formula is C15H22N2O2. The molecule has 0 saturated carbocycles. The minimum atomic E-state index is -0.499. The number of benzene rings is 1. The average molecular weight is 262 g/mol. The van der Waals surface area contributed by atoms with Crippen molar-refractivity contribution in [1.29, 1.82) is 0 Å². The predicted molar refractivity (Wildman–Crippen MR) is 76.4 cm³/mol. The van der Waals surface area contributed by atoms with Crippen LogP contribution in [0.15, 0.2) is 42.1 Å². The third-order valence-corrected chi connectivity index (χ3v) is 2.31. The third-order valence-electron chi connectivity index (χ3n) is 2.31. The van der Waals surface area contributed by atoms with Gasteiger partial charge in [-0.1, -0.05) is 36.4 Å². The summed E-state index contributed by atoms with van der Waals surface area (Å²) in [5, 5.41) is 0. The lowest BCUT2D eigenvalue weighted by Gasteiger charge is -2.20. The molecule has 0 atom stereocenters. The van der Waals surface area contributed by atoms with Crippen LogP contribution < -0.4 is 10.9 Å². The fourth-order valence-electron chi connectivity index (χ4n) is 1.47. The Morgan fingerprint density at radius 3 is 2.37 bits per heavy atom. The van der Waals surface area contributed by atoms with Gasteiger partial charge in [-0.2, -0.15) is 0 Å². The van der Waals surface area contributed by atoms with Crippen LogP contribution in [-0.4, -0.2) is 11.7 Å². The Bertz CT molecular complexity index is 433. The number of carbonyl (C=O) groups is 1. The minimum absolute atomic E-state index is 0.486. The van der Waals surface area contributed by atoms with Gasteiger partial charge in [-0.3, -0.25) is 5.43 Å².